The van der Waals surface area contributed by atoms with Gasteiger partial charge in [0.2, 0.25) is 17.6 Å². The molecule has 162 valence electrons. The second-order valence-corrected chi connectivity index (χ2v) is 8.10. The monoisotopic (exact) mass is 417 g/mol. The highest BCUT2D eigenvalue weighted by Crippen LogP contribution is 2.42. The average Bonchev–Trinajstić information content (AvgIpc) is 3.33. The van der Waals surface area contributed by atoms with Gasteiger partial charge in [-0.2, -0.15) is 0 Å². The third-order valence-electron chi connectivity index (χ3n) is 4.96. The summed E-state index contributed by atoms with van der Waals surface area (Å²) in [5.74, 6) is 1.33. The van der Waals surface area contributed by atoms with Crippen molar-refractivity contribution in [3.8, 4) is 17.2 Å². The Morgan fingerprint density at radius 3 is 2.27 bits per heavy atom. The molecular formula is C21H27N3O6. The van der Waals surface area contributed by atoms with Crippen LogP contribution in [0, 0.1) is 5.92 Å². The Bertz CT molecular complexity index is 921. The molecule has 2 amide bonds. The van der Waals surface area contributed by atoms with Crippen molar-refractivity contribution in [2.24, 2.45) is 5.92 Å². The Kier molecular flexibility index (Phi) is 5.91. The maximum absolute atomic E-state index is 12.7. The molecule has 9 nitrogen and oxygen atoms in total. The van der Waals surface area contributed by atoms with Crippen LogP contribution in [-0.4, -0.2) is 44.8 Å². The molecule has 3 rings (SSSR count). The van der Waals surface area contributed by atoms with E-state index in [-0.39, 0.29) is 30.2 Å². The lowest BCUT2D eigenvalue weighted by Crippen LogP contribution is -2.28. The minimum atomic E-state index is -0.522. The molecule has 1 aromatic carbocycles. The summed E-state index contributed by atoms with van der Waals surface area (Å²) in [6.07, 6.45) is 0.0898. The van der Waals surface area contributed by atoms with Crippen LogP contribution in [0.2, 0.25) is 0 Å². The number of nitrogens with zero attached hydrogens (tertiary/aromatic N) is 2. The van der Waals surface area contributed by atoms with Crippen LogP contribution in [0.4, 0.5) is 11.5 Å². The van der Waals surface area contributed by atoms with Crippen molar-refractivity contribution in [3.05, 3.63) is 24.0 Å². The second-order valence-electron chi connectivity index (χ2n) is 8.10. The van der Waals surface area contributed by atoms with E-state index in [9.17, 15) is 9.59 Å². The number of hydrogen-bond donors (Lipinski definition) is 1. The van der Waals surface area contributed by atoms with Gasteiger partial charge in [-0.3, -0.25) is 9.59 Å². The maximum atomic E-state index is 12.7. The third kappa shape index (κ3) is 4.19. The number of amides is 2. The largest absolute Gasteiger partial charge is 0.493 e. The van der Waals surface area contributed by atoms with Crippen LogP contribution in [0.1, 0.15) is 33.0 Å². The Morgan fingerprint density at radius 1 is 1.13 bits per heavy atom. The molecule has 1 N–H and O–H groups in total. The van der Waals surface area contributed by atoms with Crippen LogP contribution in [0.15, 0.2) is 22.7 Å². The van der Waals surface area contributed by atoms with E-state index in [0.29, 0.717) is 34.5 Å². The Balaban J connectivity index is 1.76. The van der Waals surface area contributed by atoms with E-state index in [4.69, 9.17) is 18.7 Å². The van der Waals surface area contributed by atoms with Crippen molar-refractivity contribution in [2.75, 3.05) is 38.1 Å². The summed E-state index contributed by atoms with van der Waals surface area (Å²) in [5, 5.41) is 6.64. The molecule has 30 heavy (non-hydrogen) atoms. The van der Waals surface area contributed by atoms with Gasteiger partial charge in [-0.25, -0.2) is 0 Å². The minimum Gasteiger partial charge on any atom is -0.493 e. The fraction of sp³-hybridized carbons (Fsp3) is 0.476. The number of methoxy groups -OCH3 is 3. The number of anilines is 2. The Hall–Kier alpha value is -3.23. The topological polar surface area (TPSA) is 103 Å². The van der Waals surface area contributed by atoms with Gasteiger partial charge in [-0.1, -0.05) is 25.9 Å². The quantitative estimate of drug-likeness (QED) is 0.771. The number of carbonyl (C=O) groups is 2. The maximum Gasteiger partial charge on any atom is 0.231 e. The standard InChI is InChI=1S/C21H27N3O6/c1-21(2,3)16-10-17(23-30-16)22-20(26)12-7-18(25)24(11-12)13-8-14(27-4)19(29-6)15(9-13)28-5/h8-10,12H,7,11H2,1-6H3,(H,22,23,26). The number of hydrogen-bond acceptors (Lipinski definition) is 7. The normalized spacial score (nSPS) is 16.5. The van der Waals surface area contributed by atoms with E-state index in [1.807, 2.05) is 20.8 Å². The van der Waals surface area contributed by atoms with Gasteiger partial charge in [0.15, 0.2) is 17.3 Å². The summed E-state index contributed by atoms with van der Waals surface area (Å²) < 4.78 is 21.3. The number of carbonyl (C=O) groups excluding carboxylic acids is 2. The summed E-state index contributed by atoms with van der Waals surface area (Å²) in [7, 11) is 4.52. The first-order valence-corrected chi connectivity index (χ1v) is 9.56. The first-order chi connectivity index (χ1) is 14.2. The highest BCUT2D eigenvalue weighted by molar-refractivity contribution is 6.03. The van der Waals surface area contributed by atoms with Crippen molar-refractivity contribution in [2.45, 2.75) is 32.6 Å². The predicted molar refractivity (Wildman–Crippen MR) is 110 cm³/mol. The van der Waals surface area contributed by atoms with Gasteiger partial charge in [-0.05, 0) is 0 Å². The molecule has 1 aliphatic rings. The molecule has 1 aromatic heterocycles. The number of rotatable bonds is 6. The summed E-state index contributed by atoms with van der Waals surface area (Å²) in [5.41, 5.74) is 0.351. The predicted octanol–water partition coefficient (Wildman–Crippen LogP) is 2.99. The van der Waals surface area contributed by atoms with Crippen LogP contribution in [0.3, 0.4) is 0 Å². The molecule has 2 aromatic rings. The average molecular weight is 417 g/mol. The zero-order valence-electron chi connectivity index (χ0n) is 18.1. The zero-order valence-corrected chi connectivity index (χ0v) is 18.1. The lowest BCUT2D eigenvalue weighted by atomic mass is 9.93. The van der Waals surface area contributed by atoms with Gasteiger partial charge in [-0.15, -0.1) is 0 Å². The second kappa shape index (κ2) is 8.25. The summed E-state index contributed by atoms with van der Waals surface area (Å²) in [4.78, 5) is 26.9. The molecule has 0 radical (unpaired) electrons. The first-order valence-electron chi connectivity index (χ1n) is 9.56. The molecule has 1 saturated heterocycles. The van der Waals surface area contributed by atoms with E-state index in [1.54, 1.807) is 18.2 Å². The van der Waals surface area contributed by atoms with Crippen molar-refractivity contribution >= 4 is 23.3 Å². The van der Waals surface area contributed by atoms with E-state index >= 15 is 0 Å². The van der Waals surface area contributed by atoms with Crippen LogP contribution in [0.25, 0.3) is 0 Å². The van der Waals surface area contributed by atoms with Crippen LogP contribution in [-0.2, 0) is 15.0 Å². The Labute approximate surface area is 175 Å². The number of nitrogens with one attached hydrogen (secondary N) is 1. The van der Waals surface area contributed by atoms with E-state index in [0.717, 1.165) is 0 Å². The van der Waals surface area contributed by atoms with Gasteiger partial charge < -0.3 is 29.0 Å². The van der Waals surface area contributed by atoms with Gasteiger partial charge in [0, 0.05) is 36.6 Å². The van der Waals surface area contributed by atoms with Crippen LogP contribution < -0.4 is 24.4 Å². The number of benzene rings is 1. The fourth-order valence-electron chi connectivity index (χ4n) is 3.27. The molecule has 9 heteroatoms. The number of ether oxygens (including phenoxy) is 3. The molecular weight excluding hydrogens is 390 g/mol. The van der Waals surface area contributed by atoms with Crippen molar-refractivity contribution in [1.29, 1.82) is 0 Å². The Morgan fingerprint density at radius 2 is 1.77 bits per heavy atom. The first kappa shape index (κ1) is 21.5. The van der Waals surface area contributed by atoms with Crippen molar-refractivity contribution in [1.82, 2.24) is 5.16 Å². The molecule has 1 unspecified atom stereocenters. The highest BCUT2D eigenvalue weighted by atomic mass is 16.5. The van der Waals surface area contributed by atoms with Crippen molar-refractivity contribution < 1.29 is 28.3 Å². The fourth-order valence-corrected chi connectivity index (χ4v) is 3.27. The number of aromatic nitrogens is 1. The van der Waals surface area contributed by atoms with E-state index in [2.05, 4.69) is 10.5 Å². The summed E-state index contributed by atoms with van der Waals surface area (Å²) in [6.45, 7) is 6.20. The SMILES string of the molecule is COc1cc(N2CC(C(=O)Nc3cc(C(C)(C)C)on3)CC2=O)cc(OC)c1OC. The molecule has 1 aliphatic heterocycles. The summed E-state index contributed by atoms with van der Waals surface area (Å²) in [6, 6.07) is 5.07. The zero-order chi connectivity index (χ0) is 22.1. The van der Waals surface area contributed by atoms with E-state index < -0.39 is 5.92 Å². The smallest absolute Gasteiger partial charge is 0.231 e. The molecule has 2 heterocycles. The molecule has 1 atom stereocenters. The molecule has 0 spiro atoms. The lowest BCUT2D eigenvalue weighted by molar-refractivity contribution is -0.122. The van der Waals surface area contributed by atoms with Gasteiger partial charge in [0.25, 0.3) is 0 Å². The molecule has 0 saturated carbocycles. The molecule has 1 fully saturated rings. The van der Waals surface area contributed by atoms with Gasteiger partial charge in [0.1, 0.15) is 5.76 Å². The molecule has 0 aliphatic carbocycles. The van der Waals surface area contributed by atoms with Gasteiger partial charge >= 0.3 is 0 Å². The minimum absolute atomic E-state index is 0.0898. The van der Waals surface area contributed by atoms with Gasteiger partial charge in [0.05, 0.1) is 32.9 Å². The molecule has 0 bridgehead atoms. The lowest BCUT2D eigenvalue weighted by Gasteiger charge is -2.20. The van der Waals surface area contributed by atoms with Crippen LogP contribution >= 0.6 is 0 Å². The van der Waals surface area contributed by atoms with Crippen LogP contribution in [0.5, 0.6) is 17.2 Å². The van der Waals surface area contributed by atoms with E-state index in [1.165, 1.54) is 26.2 Å². The third-order valence-corrected chi connectivity index (χ3v) is 4.96. The summed E-state index contributed by atoms with van der Waals surface area (Å²) >= 11 is 0. The van der Waals surface area contributed by atoms with Crippen molar-refractivity contribution in [3.63, 3.8) is 0 Å². The highest BCUT2D eigenvalue weighted by Gasteiger charge is 2.36.